The fourth-order valence-corrected chi connectivity index (χ4v) is 2.69. The van der Waals surface area contributed by atoms with E-state index in [1.165, 1.54) is 0 Å². The molecule has 0 saturated heterocycles. The first-order chi connectivity index (χ1) is 11.1. The van der Waals surface area contributed by atoms with E-state index in [2.05, 4.69) is 15.6 Å². The topological polar surface area (TPSA) is 74.2 Å². The maximum Gasteiger partial charge on any atom is 0.305 e. The van der Waals surface area contributed by atoms with Crippen LogP contribution in [-0.4, -0.2) is 27.4 Å². The van der Waals surface area contributed by atoms with E-state index in [0.29, 0.717) is 5.11 Å². The van der Waals surface area contributed by atoms with E-state index in [4.69, 9.17) is 17.3 Å². The molecule has 0 bridgehead atoms. The van der Waals surface area contributed by atoms with E-state index < -0.39 is 12.0 Å². The van der Waals surface area contributed by atoms with Gasteiger partial charge in [0.25, 0.3) is 0 Å². The number of carboxylic acid groups (broad SMARTS) is 1. The molecule has 2 rings (SSSR count). The lowest BCUT2D eigenvalue weighted by Gasteiger charge is -2.20. The fraction of sp³-hybridized carbons (Fsp3) is 0.188. The van der Waals surface area contributed by atoms with Crippen LogP contribution < -0.4 is 10.6 Å². The van der Waals surface area contributed by atoms with Crippen molar-refractivity contribution in [1.29, 1.82) is 0 Å². The third-order valence-corrected chi connectivity index (χ3v) is 4.10. The number of carboxylic acids is 1. The molecule has 0 spiro atoms. The number of benzene rings is 1. The van der Waals surface area contributed by atoms with Gasteiger partial charge in [0.05, 0.1) is 12.5 Å². The molecule has 7 heteroatoms. The van der Waals surface area contributed by atoms with Gasteiger partial charge in [-0.15, -0.1) is 11.8 Å². The minimum atomic E-state index is -0.886. The Morgan fingerprint density at radius 1 is 1.26 bits per heavy atom. The van der Waals surface area contributed by atoms with Crippen LogP contribution in [0.1, 0.15) is 18.0 Å². The first-order valence-electron chi connectivity index (χ1n) is 6.92. The Labute approximate surface area is 144 Å². The summed E-state index contributed by atoms with van der Waals surface area (Å²) >= 11 is 6.91. The smallest absolute Gasteiger partial charge is 0.305 e. The van der Waals surface area contributed by atoms with E-state index in [0.717, 1.165) is 16.1 Å². The molecule has 0 radical (unpaired) electrons. The van der Waals surface area contributed by atoms with Crippen LogP contribution in [-0.2, 0) is 4.79 Å². The highest BCUT2D eigenvalue weighted by Gasteiger charge is 2.16. The summed E-state index contributed by atoms with van der Waals surface area (Å²) in [5.41, 5.74) is 1.67. The molecule has 0 aliphatic carbocycles. The van der Waals surface area contributed by atoms with Gasteiger partial charge in [-0.25, -0.2) is 0 Å². The van der Waals surface area contributed by atoms with Crippen LogP contribution in [0.3, 0.4) is 0 Å². The Morgan fingerprint density at radius 2 is 1.91 bits per heavy atom. The number of nitrogens with zero attached hydrogens (tertiary/aromatic N) is 1. The van der Waals surface area contributed by atoms with Crippen LogP contribution in [0.15, 0.2) is 53.7 Å². The van der Waals surface area contributed by atoms with E-state index in [1.54, 1.807) is 36.3 Å². The molecular weight excluding hydrogens is 330 g/mol. The second-order valence-corrected chi connectivity index (χ2v) is 6.05. The molecule has 3 N–H and O–H groups in total. The van der Waals surface area contributed by atoms with Gasteiger partial charge in [0, 0.05) is 23.0 Å². The minimum absolute atomic E-state index is 0.0588. The predicted molar refractivity (Wildman–Crippen MR) is 96.8 cm³/mol. The van der Waals surface area contributed by atoms with E-state index in [9.17, 15) is 4.79 Å². The molecule has 0 aliphatic rings. The number of carbonyl (C=O) groups is 1. The van der Waals surface area contributed by atoms with Gasteiger partial charge in [0.2, 0.25) is 0 Å². The number of thiocarbonyl (C=S) groups is 1. The molecule has 5 nitrogen and oxygen atoms in total. The molecule has 1 heterocycles. The summed E-state index contributed by atoms with van der Waals surface area (Å²) in [6, 6.07) is 10.9. The Hall–Kier alpha value is -2.12. The number of rotatable bonds is 6. The third-order valence-electron chi connectivity index (χ3n) is 3.14. The number of anilines is 1. The molecule has 0 unspecified atom stereocenters. The van der Waals surface area contributed by atoms with Gasteiger partial charge in [0.1, 0.15) is 0 Å². The standard InChI is InChI=1S/C16H17N3O2S2/c1-23-13-4-2-11(3-5-13)14(10-15(20)21)19-16(22)18-12-6-8-17-9-7-12/h2-9,14H,10H2,1H3,(H,20,21)(H2,17,18,19,22)/t14-/m0/s1. The highest BCUT2D eigenvalue weighted by Crippen LogP contribution is 2.21. The van der Waals surface area contributed by atoms with Crippen molar-refractivity contribution in [2.24, 2.45) is 0 Å². The van der Waals surface area contributed by atoms with Crippen LogP contribution in [0, 0.1) is 0 Å². The molecule has 23 heavy (non-hydrogen) atoms. The van der Waals surface area contributed by atoms with E-state index in [1.807, 2.05) is 30.5 Å². The summed E-state index contributed by atoms with van der Waals surface area (Å²) in [4.78, 5) is 16.2. The van der Waals surface area contributed by atoms with Gasteiger partial charge in [-0.2, -0.15) is 0 Å². The van der Waals surface area contributed by atoms with Crippen LogP contribution in [0.4, 0.5) is 5.69 Å². The van der Waals surface area contributed by atoms with Crippen LogP contribution in [0.25, 0.3) is 0 Å². The molecule has 1 atom stereocenters. The Bertz CT molecular complexity index is 663. The first-order valence-corrected chi connectivity index (χ1v) is 8.55. The maximum atomic E-state index is 11.1. The molecule has 1 aromatic carbocycles. The summed E-state index contributed by atoms with van der Waals surface area (Å²) in [7, 11) is 0. The van der Waals surface area contributed by atoms with E-state index in [-0.39, 0.29) is 6.42 Å². The molecule has 120 valence electrons. The van der Waals surface area contributed by atoms with Gasteiger partial charge in [-0.3, -0.25) is 9.78 Å². The number of aliphatic carboxylic acids is 1. The lowest BCUT2D eigenvalue weighted by molar-refractivity contribution is -0.137. The zero-order valence-electron chi connectivity index (χ0n) is 12.5. The summed E-state index contributed by atoms with van der Waals surface area (Å²) < 4.78 is 0. The highest BCUT2D eigenvalue weighted by atomic mass is 32.2. The first kappa shape index (κ1) is 17.2. The molecule has 2 aromatic rings. The van der Waals surface area contributed by atoms with Crippen molar-refractivity contribution < 1.29 is 9.90 Å². The van der Waals surface area contributed by atoms with Crippen molar-refractivity contribution in [3.05, 3.63) is 54.4 Å². The number of hydrogen-bond acceptors (Lipinski definition) is 4. The van der Waals surface area contributed by atoms with Crippen LogP contribution >= 0.6 is 24.0 Å². The second-order valence-electron chi connectivity index (χ2n) is 4.76. The van der Waals surface area contributed by atoms with Crippen molar-refractivity contribution in [3.8, 4) is 0 Å². The lowest BCUT2D eigenvalue weighted by atomic mass is 10.0. The summed E-state index contributed by atoms with van der Waals surface area (Å²) in [6.45, 7) is 0. The third kappa shape index (κ3) is 5.54. The number of aromatic nitrogens is 1. The average molecular weight is 347 g/mol. The van der Waals surface area contributed by atoms with Crippen molar-refractivity contribution in [2.45, 2.75) is 17.4 Å². The largest absolute Gasteiger partial charge is 0.481 e. The number of pyridine rings is 1. The number of hydrogen-bond donors (Lipinski definition) is 3. The fourth-order valence-electron chi connectivity index (χ4n) is 2.02. The van der Waals surface area contributed by atoms with Gasteiger partial charge in [-0.1, -0.05) is 12.1 Å². The quantitative estimate of drug-likeness (QED) is 0.547. The molecule has 0 saturated carbocycles. The van der Waals surface area contributed by atoms with Gasteiger partial charge < -0.3 is 15.7 Å². The molecule has 0 aliphatic heterocycles. The number of nitrogens with one attached hydrogen (secondary N) is 2. The van der Waals surface area contributed by atoms with E-state index >= 15 is 0 Å². The SMILES string of the molecule is CSc1ccc([C@H](CC(=O)O)NC(=S)Nc2ccncc2)cc1. The van der Waals surface area contributed by atoms with Crippen LogP contribution in [0.2, 0.25) is 0 Å². The highest BCUT2D eigenvalue weighted by molar-refractivity contribution is 7.98. The average Bonchev–Trinajstić information content (AvgIpc) is 2.55. The Balaban J connectivity index is 2.08. The second kappa shape index (κ2) is 8.50. The van der Waals surface area contributed by atoms with Crippen LogP contribution in [0.5, 0.6) is 0 Å². The van der Waals surface area contributed by atoms with Crippen molar-refractivity contribution in [1.82, 2.24) is 10.3 Å². The molecule has 1 aromatic heterocycles. The zero-order chi connectivity index (χ0) is 16.7. The van der Waals surface area contributed by atoms with Gasteiger partial charge >= 0.3 is 5.97 Å². The molecule has 0 amide bonds. The Morgan fingerprint density at radius 3 is 2.48 bits per heavy atom. The van der Waals surface area contributed by atoms with Gasteiger partial charge in [0.15, 0.2) is 5.11 Å². The molecule has 0 fully saturated rings. The molecular formula is C16H17N3O2S2. The Kier molecular flexibility index (Phi) is 6.37. The predicted octanol–water partition coefficient (Wildman–Crippen LogP) is 3.31. The minimum Gasteiger partial charge on any atom is -0.481 e. The lowest BCUT2D eigenvalue weighted by Crippen LogP contribution is -2.33. The normalized spacial score (nSPS) is 11.5. The summed E-state index contributed by atoms with van der Waals surface area (Å²) in [6.07, 6.45) is 5.24. The van der Waals surface area contributed by atoms with Crippen molar-refractivity contribution in [3.63, 3.8) is 0 Å². The van der Waals surface area contributed by atoms with Crippen molar-refractivity contribution in [2.75, 3.05) is 11.6 Å². The number of thioether (sulfide) groups is 1. The summed E-state index contributed by atoms with van der Waals surface area (Å²) in [5.74, 6) is -0.886. The zero-order valence-corrected chi connectivity index (χ0v) is 14.2. The maximum absolute atomic E-state index is 11.1. The van der Waals surface area contributed by atoms with Crippen molar-refractivity contribution >= 4 is 40.7 Å². The summed E-state index contributed by atoms with van der Waals surface area (Å²) in [5, 5.41) is 15.6. The monoisotopic (exact) mass is 347 g/mol. The van der Waals surface area contributed by atoms with Gasteiger partial charge in [-0.05, 0) is 48.3 Å².